The highest BCUT2D eigenvalue weighted by Gasteiger charge is 2.16. The van der Waals surface area contributed by atoms with Crippen molar-refractivity contribution in [2.24, 2.45) is 0 Å². The van der Waals surface area contributed by atoms with Gasteiger partial charge in [-0.2, -0.15) is 0 Å². The molecular weight excluding hydrogens is 234 g/mol. The zero-order valence-electron chi connectivity index (χ0n) is 10.2. The second-order valence-corrected chi connectivity index (χ2v) is 4.40. The van der Waals surface area contributed by atoms with E-state index in [1.54, 1.807) is 0 Å². The van der Waals surface area contributed by atoms with E-state index in [4.69, 9.17) is 0 Å². The SMILES string of the molecule is Cc1ccc(-c2cc(F)c(C(C)O)c(F)c2)cc1. The van der Waals surface area contributed by atoms with Crippen molar-refractivity contribution in [2.45, 2.75) is 20.0 Å². The summed E-state index contributed by atoms with van der Waals surface area (Å²) < 4.78 is 27.5. The Balaban J connectivity index is 2.51. The van der Waals surface area contributed by atoms with E-state index in [0.29, 0.717) is 5.56 Å². The van der Waals surface area contributed by atoms with Crippen LogP contribution in [0.1, 0.15) is 24.2 Å². The number of benzene rings is 2. The van der Waals surface area contributed by atoms with Crippen LogP contribution in [0.5, 0.6) is 0 Å². The first kappa shape index (κ1) is 12.7. The van der Waals surface area contributed by atoms with Gasteiger partial charge >= 0.3 is 0 Å². The predicted octanol–water partition coefficient (Wildman–Crippen LogP) is 3.99. The Morgan fingerprint density at radius 1 is 0.944 bits per heavy atom. The number of aryl methyl sites for hydroxylation is 1. The first-order valence-electron chi connectivity index (χ1n) is 5.73. The molecule has 1 nitrogen and oxygen atoms in total. The maximum Gasteiger partial charge on any atom is 0.132 e. The average Bonchev–Trinajstić information content (AvgIpc) is 2.28. The van der Waals surface area contributed by atoms with Gasteiger partial charge in [-0.3, -0.25) is 0 Å². The molecule has 1 unspecified atom stereocenters. The lowest BCUT2D eigenvalue weighted by molar-refractivity contribution is 0.188. The zero-order valence-corrected chi connectivity index (χ0v) is 10.2. The molecule has 0 radical (unpaired) electrons. The molecule has 0 aliphatic carbocycles. The third-order valence-electron chi connectivity index (χ3n) is 2.88. The standard InChI is InChI=1S/C15H14F2O/c1-9-3-5-11(6-4-9)12-7-13(16)15(10(2)18)14(17)8-12/h3-8,10,18H,1-2H3. The van der Waals surface area contributed by atoms with Crippen molar-refractivity contribution in [1.29, 1.82) is 0 Å². The molecule has 0 aliphatic heterocycles. The molecule has 2 rings (SSSR count). The van der Waals surface area contributed by atoms with Gasteiger partial charge in [0.15, 0.2) is 0 Å². The van der Waals surface area contributed by atoms with Crippen molar-refractivity contribution in [3.05, 3.63) is 59.2 Å². The predicted molar refractivity (Wildman–Crippen MR) is 67.2 cm³/mol. The lowest BCUT2D eigenvalue weighted by atomic mass is 10.00. The minimum Gasteiger partial charge on any atom is -0.388 e. The Labute approximate surface area is 105 Å². The van der Waals surface area contributed by atoms with E-state index < -0.39 is 17.7 Å². The fourth-order valence-electron chi connectivity index (χ4n) is 1.90. The summed E-state index contributed by atoms with van der Waals surface area (Å²) in [5.41, 5.74) is 2.01. The van der Waals surface area contributed by atoms with Gasteiger partial charge in [0.05, 0.1) is 11.7 Å². The first-order valence-corrected chi connectivity index (χ1v) is 5.73. The number of hydrogen-bond acceptors (Lipinski definition) is 1. The Bertz CT molecular complexity index is 536. The van der Waals surface area contributed by atoms with Crippen LogP contribution in [0.15, 0.2) is 36.4 Å². The van der Waals surface area contributed by atoms with Gasteiger partial charge in [0.25, 0.3) is 0 Å². The molecule has 2 aromatic rings. The van der Waals surface area contributed by atoms with Crippen molar-refractivity contribution in [2.75, 3.05) is 0 Å². The smallest absolute Gasteiger partial charge is 0.132 e. The summed E-state index contributed by atoms with van der Waals surface area (Å²) in [7, 11) is 0. The highest BCUT2D eigenvalue weighted by molar-refractivity contribution is 5.64. The summed E-state index contributed by atoms with van der Waals surface area (Å²) in [5.74, 6) is -1.44. The minimum atomic E-state index is -1.16. The normalized spacial score (nSPS) is 12.5. The van der Waals surface area contributed by atoms with Crippen LogP contribution in [-0.4, -0.2) is 5.11 Å². The molecule has 94 valence electrons. The van der Waals surface area contributed by atoms with Gasteiger partial charge in [-0.05, 0) is 37.1 Å². The molecule has 1 N–H and O–H groups in total. The van der Waals surface area contributed by atoms with Crippen LogP contribution in [0.3, 0.4) is 0 Å². The zero-order chi connectivity index (χ0) is 13.3. The van der Waals surface area contributed by atoms with Crippen LogP contribution >= 0.6 is 0 Å². The number of aliphatic hydroxyl groups excluding tert-OH is 1. The van der Waals surface area contributed by atoms with Crippen molar-refractivity contribution in [3.8, 4) is 11.1 Å². The minimum absolute atomic E-state index is 0.286. The molecule has 3 heteroatoms. The lowest BCUT2D eigenvalue weighted by Crippen LogP contribution is -2.01. The molecule has 0 saturated carbocycles. The summed E-state index contributed by atoms with van der Waals surface area (Å²) in [6.45, 7) is 3.29. The molecule has 0 aromatic heterocycles. The second-order valence-electron chi connectivity index (χ2n) is 4.40. The largest absolute Gasteiger partial charge is 0.388 e. The van der Waals surface area contributed by atoms with E-state index in [-0.39, 0.29) is 5.56 Å². The second kappa shape index (κ2) is 4.86. The summed E-state index contributed by atoms with van der Waals surface area (Å²) in [6.07, 6.45) is -1.16. The Kier molecular flexibility index (Phi) is 3.43. The summed E-state index contributed by atoms with van der Waals surface area (Å²) >= 11 is 0. The van der Waals surface area contributed by atoms with Crippen molar-refractivity contribution >= 4 is 0 Å². The van der Waals surface area contributed by atoms with Gasteiger partial charge in [0, 0.05) is 0 Å². The fraction of sp³-hybridized carbons (Fsp3) is 0.200. The summed E-state index contributed by atoms with van der Waals surface area (Å²) in [5, 5.41) is 9.30. The first-order chi connectivity index (χ1) is 8.49. The topological polar surface area (TPSA) is 20.2 Å². The Hall–Kier alpha value is -1.74. The number of halogens is 2. The Morgan fingerprint density at radius 3 is 1.89 bits per heavy atom. The molecule has 0 spiro atoms. The van der Waals surface area contributed by atoms with Crippen LogP contribution in [0.25, 0.3) is 11.1 Å². The van der Waals surface area contributed by atoms with Crippen molar-refractivity contribution < 1.29 is 13.9 Å². The average molecular weight is 248 g/mol. The number of rotatable bonds is 2. The highest BCUT2D eigenvalue weighted by atomic mass is 19.1. The maximum absolute atomic E-state index is 13.7. The third kappa shape index (κ3) is 2.41. The van der Waals surface area contributed by atoms with E-state index in [0.717, 1.165) is 11.1 Å². The third-order valence-corrected chi connectivity index (χ3v) is 2.88. The van der Waals surface area contributed by atoms with Crippen LogP contribution in [0, 0.1) is 18.6 Å². The molecule has 0 amide bonds. The number of aliphatic hydroxyl groups is 1. The van der Waals surface area contributed by atoms with Gasteiger partial charge in [0.1, 0.15) is 11.6 Å². The van der Waals surface area contributed by atoms with Gasteiger partial charge in [-0.25, -0.2) is 8.78 Å². The maximum atomic E-state index is 13.7. The van der Waals surface area contributed by atoms with E-state index in [2.05, 4.69) is 0 Å². The monoisotopic (exact) mass is 248 g/mol. The summed E-state index contributed by atoms with van der Waals surface area (Å²) in [4.78, 5) is 0. The highest BCUT2D eigenvalue weighted by Crippen LogP contribution is 2.27. The molecule has 0 fully saturated rings. The van der Waals surface area contributed by atoms with E-state index in [1.165, 1.54) is 19.1 Å². The molecule has 2 aromatic carbocycles. The van der Waals surface area contributed by atoms with E-state index in [9.17, 15) is 13.9 Å². The van der Waals surface area contributed by atoms with E-state index >= 15 is 0 Å². The molecule has 18 heavy (non-hydrogen) atoms. The molecule has 0 bridgehead atoms. The molecular formula is C15H14F2O. The van der Waals surface area contributed by atoms with Crippen LogP contribution < -0.4 is 0 Å². The van der Waals surface area contributed by atoms with Crippen LogP contribution in [0.2, 0.25) is 0 Å². The Morgan fingerprint density at radius 2 is 1.44 bits per heavy atom. The van der Waals surface area contributed by atoms with Crippen LogP contribution in [0.4, 0.5) is 8.78 Å². The molecule has 0 saturated heterocycles. The fourth-order valence-corrected chi connectivity index (χ4v) is 1.90. The molecule has 0 heterocycles. The van der Waals surface area contributed by atoms with Crippen LogP contribution in [-0.2, 0) is 0 Å². The van der Waals surface area contributed by atoms with Crippen molar-refractivity contribution in [1.82, 2.24) is 0 Å². The molecule has 1 atom stereocenters. The molecule has 0 aliphatic rings. The summed E-state index contributed by atoms with van der Waals surface area (Å²) in [6, 6.07) is 9.88. The van der Waals surface area contributed by atoms with Gasteiger partial charge in [0.2, 0.25) is 0 Å². The lowest BCUT2D eigenvalue weighted by Gasteiger charge is -2.10. The van der Waals surface area contributed by atoms with Gasteiger partial charge in [-0.15, -0.1) is 0 Å². The quantitative estimate of drug-likeness (QED) is 0.851. The van der Waals surface area contributed by atoms with E-state index in [1.807, 2.05) is 31.2 Å². The van der Waals surface area contributed by atoms with Crippen molar-refractivity contribution in [3.63, 3.8) is 0 Å². The van der Waals surface area contributed by atoms with Gasteiger partial charge in [-0.1, -0.05) is 29.8 Å². The number of hydrogen-bond donors (Lipinski definition) is 1. The van der Waals surface area contributed by atoms with Gasteiger partial charge < -0.3 is 5.11 Å².